The molecular formula is C25H26BrNO6S. The van der Waals surface area contributed by atoms with Crippen LogP contribution in [0.3, 0.4) is 0 Å². The van der Waals surface area contributed by atoms with E-state index in [1.165, 1.54) is 11.3 Å². The molecule has 2 aliphatic carbocycles. The number of Topliss-reactive ketones (excluding diaryl/α,β-unsaturated/α-hetero) is 1. The summed E-state index contributed by atoms with van der Waals surface area (Å²) in [5, 5.41) is 2.69. The van der Waals surface area contributed by atoms with Gasteiger partial charge < -0.3 is 14.8 Å². The average molecular weight is 548 g/mol. The molecule has 34 heavy (non-hydrogen) atoms. The van der Waals surface area contributed by atoms with Crippen LogP contribution in [0.1, 0.15) is 48.7 Å². The topological polar surface area (TPSA) is 98.8 Å². The molecule has 4 rings (SSSR count). The fourth-order valence-corrected chi connectivity index (χ4v) is 5.98. The first-order chi connectivity index (χ1) is 16.4. The van der Waals surface area contributed by atoms with Crippen molar-refractivity contribution in [3.63, 3.8) is 0 Å². The first-order valence-electron chi connectivity index (χ1n) is 11.4. The maximum atomic E-state index is 12.6. The Balaban J connectivity index is 1.40. The Morgan fingerprint density at radius 2 is 1.76 bits per heavy atom. The van der Waals surface area contributed by atoms with Gasteiger partial charge in [-0.2, -0.15) is 0 Å². The van der Waals surface area contributed by atoms with Crippen molar-refractivity contribution >= 4 is 56.6 Å². The van der Waals surface area contributed by atoms with Gasteiger partial charge in [-0.1, -0.05) is 34.5 Å². The number of carbonyl (C=O) groups is 4. The van der Waals surface area contributed by atoms with Crippen molar-refractivity contribution in [2.24, 2.45) is 17.8 Å². The van der Waals surface area contributed by atoms with Gasteiger partial charge in [0.05, 0.1) is 18.2 Å². The Morgan fingerprint density at radius 1 is 1.09 bits per heavy atom. The number of halogens is 1. The van der Waals surface area contributed by atoms with E-state index >= 15 is 0 Å². The van der Waals surface area contributed by atoms with Crippen molar-refractivity contribution in [2.75, 3.05) is 18.5 Å². The Kier molecular flexibility index (Phi) is 7.83. The molecule has 1 N–H and O–H groups in total. The molecule has 2 saturated carbocycles. The number of hydrogen-bond donors (Lipinski definition) is 1. The van der Waals surface area contributed by atoms with Gasteiger partial charge in [-0.3, -0.25) is 14.4 Å². The number of nitrogens with one attached hydrogen (secondary N) is 1. The van der Waals surface area contributed by atoms with Crippen molar-refractivity contribution in [3.05, 3.63) is 39.7 Å². The molecule has 9 heteroatoms. The van der Waals surface area contributed by atoms with E-state index in [0.29, 0.717) is 18.5 Å². The number of ketones is 1. The molecule has 0 saturated heterocycles. The van der Waals surface area contributed by atoms with E-state index in [0.717, 1.165) is 34.2 Å². The third-order valence-electron chi connectivity index (χ3n) is 6.32. The van der Waals surface area contributed by atoms with Gasteiger partial charge >= 0.3 is 11.9 Å². The van der Waals surface area contributed by atoms with E-state index in [-0.39, 0.29) is 35.0 Å². The number of hydrogen-bond acceptors (Lipinski definition) is 7. The molecule has 0 aliphatic heterocycles. The van der Waals surface area contributed by atoms with Gasteiger partial charge in [0.15, 0.2) is 6.61 Å². The minimum atomic E-state index is -0.536. The molecule has 0 radical (unpaired) electrons. The molecule has 2 aliphatic rings. The van der Waals surface area contributed by atoms with Crippen molar-refractivity contribution < 1.29 is 28.7 Å². The highest BCUT2D eigenvalue weighted by Gasteiger charge is 2.41. The lowest BCUT2D eigenvalue weighted by Gasteiger charge is -2.36. The summed E-state index contributed by atoms with van der Waals surface area (Å²) in [5.74, 6) is -1.69. The van der Waals surface area contributed by atoms with Crippen molar-refractivity contribution in [3.8, 4) is 10.4 Å². The number of anilines is 1. The minimum Gasteiger partial charge on any atom is -0.462 e. The van der Waals surface area contributed by atoms with Crippen molar-refractivity contribution in [1.29, 1.82) is 0 Å². The maximum Gasteiger partial charge on any atom is 0.350 e. The van der Waals surface area contributed by atoms with E-state index < -0.39 is 24.5 Å². The zero-order valence-corrected chi connectivity index (χ0v) is 21.2. The van der Waals surface area contributed by atoms with Crippen LogP contribution in [0.5, 0.6) is 0 Å². The highest BCUT2D eigenvalue weighted by Crippen LogP contribution is 2.40. The third kappa shape index (κ3) is 5.58. The molecule has 1 aromatic carbocycles. The number of carbonyl (C=O) groups excluding carboxylic acids is 4. The van der Waals surface area contributed by atoms with Gasteiger partial charge in [0.1, 0.15) is 10.7 Å². The minimum absolute atomic E-state index is 0.0612. The van der Waals surface area contributed by atoms with Crippen LogP contribution in [0.15, 0.2) is 34.8 Å². The second-order valence-electron chi connectivity index (χ2n) is 8.63. The summed E-state index contributed by atoms with van der Waals surface area (Å²) in [4.78, 5) is 50.9. The largest absolute Gasteiger partial charge is 0.462 e. The van der Waals surface area contributed by atoms with Crippen molar-refractivity contribution in [2.45, 2.75) is 39.0 Å². The van der Waals surface area contributed by atoms with Crippen LogP contribution in [-0.4, -0.2) is 36.8 Å². The van der Waals surface area contributed by atoms with E-state index in [9.17, 15) is 19.2 Å². The lowest BCUT2D eigenvalue weighted by molar-refractivity contribution is -0.155. The fourth-order valence-electron chi connectivity index (χ4n) is 4.70. The maximum absolute atomic E-state index is 12.6. The van der Waals surface area contributed by atoms with Gasteiger partial charge in [0.2, 0.25) is 0 Å². The third-order valence-corrected chi connectivity index (χ3v) is 8.02. The Hall–Kier alpha value is -2.52. The molecule has 7 nitrogen and oxygen atoms in total. The molecule has 180 valence electrons. The van der Waals surface area contributed by atoms with Crippen LogP contribution in [0.2, 0.25) is 0 Å². The van der Waals surface area contributed by atoms with Crippen LogP contribution in [0, 0.1) is 17.8 Å². The smallest absolute Gasteiger partial charge is 0.350 e. The second kappa shape index (κ2) is 10.8. The van der Waals surface area contributed by atoms with Crippen LogP contribution < -0.4 is 5.32 Å². The molecule has 2 fully saturated rings. The van der Waals surface area contributed by atoms with E-state index in [2.05, 4.69) is 21.2 Å². The highest BCUT2D eigenvalue weighted by atomic mass is 79.9. The normalized spacial score (nSPS) is 21.6. The van der Waals surface area contributed by atoms with Gasteiger partial charge in [0.25, 0.3) is 5.91 Å². The van der Waals surface area contributed by atoms with Crippen LogP contribution in [0.4, 0.5) is 5.69 Å². The first-order valence-corrected chi connectivity index (χ1v) is 13.0. The zero-order chi connectivity index (χ0) is 24.2. The number of fused-ring (bicyclic) bond motifs is 2. The van der Waals surface area contributed by atoms with Gasteiger partial charge in [-0.05, 0) is 56.4 Å². The van der Waals surface area contributed by atoms with Gasteiger partial charge in [-0.15, -0.1) is 11.3 Å². The molecular weight excluding hydrogens is 522 g/mol. The molecule has 2 aromatic rings. The summed E-state index contributed by atoms with van der Waals surface area (Å²) < 4.78 is 11.4. The van der Waals surface area contributed by atoms with Crippen molar-refractivity contribution in [1.82, 2.24) is 0 Å². The summed E-state index contributed by atoms with van der Waals surface area (Å²) in [6.45, 7) is 1.47. The standard InChI is InChI=1S/C25H26BrNO6S/c1-2-32-25(31)23-19(12-20(34-23)14-6-8-18(26)9-7-14)27-21(28)13-33-24(30)17-10-15-4-3-5-16(11-17)22(15)29/h6-9,12,15-17H,2-5,10-11,13H2,1H3,(H,27,28). The number of ether oxygens (including phenoxy) is 2. The number of benzene rings is 1. The predicted octanol–water partition coefficient (Wildman–Crippen LogP) is 5.23. The molecule has 2 unspecified atom stereocenters. The summed E-state index contributed by atoms with van der Waals surface area (Å²) in [5.41, 5.74) is 1.21. The molecule has 2 bridgehead atoms. The Morgan fingerprint density at radius 3 is 2.41 bits per heavy atom. The Labute approximate surface area is 210 Å². The van der Waals surface area contributed by atoms with Gasteiger partial charge in [0, 0.05) is 21.2 Å². The molecule has 0 spiro atoms. The SMILES string of the molecule is CCOC(=O)c1sc(-c2ccc(Br)cc2)cc1NC(=O)COC(=O)C1CC2CCCC(C1)C2=O. The van der Waals surface area contributed by atoms with Crippen LogP contribution >= 0.6 is 27.3 Å². The highest BCUT2D eigenvalue weighted by molar-refractivity contribution is 9.10. The van der Waals surface area contributed by atoms with Crippen LogP contribution in [0.25, 0.3) is 10.4 Å². The molecule has 1 aromatic heterocycles. The number of esters is 2. The lowest BCUT2D eigenvalue weighted by Crippen LogP contribution is -2.40. The molecule has 2 atom stereocenters. The predicted molar refractivity (Wildman–Crippen MR) is 132 cm³/mol. The monoisotopic (exact) mass is 547 g/mol. The van der Waals surface area contributed by atoms with E-state index in [1.807, 2.05) is 24.3 Å². The summed E-state index contributed by atoms with van der Waals surface area (Å²) in [6, 6.07) is 9.31. The van der Waals surface area contributed by atoms with E-state index in [4.69, 9.17) is 9.47 Å². The number of amides is 1. The molecule has 1 amide bonds. The first kappa shape index (κ1) is 24.6. The lowest BCUT2D eigenvalue weighted by atomic mass is 9.67. The quantitative estimate of drug-likeness (QED) is 0.476. The zero-order valence-electron chi connectivity index (χ0n) is 18.8. The Bertz CT molecular complexity index is 1080. The summed E-state index contributed by atoms with van der Waals surface area (Å²) >= 11 is 4.62. The number of thiophene rings is 1. The fraction of sp³-hybridized carbons (Fsp3) is 0.440. The summed E-state index contributed by atoms with van der Waals surface area (Å²) in [6.07, 6.45) is 3.69. The van der Waals surface area contributed by atoms with Gasteiger partial charge in [-0.25, -0.2) is 4.79 Å². The number of rotatable bonds is 7. The van der Waals surface area contributed by atoms with E-state index in [1.54, 1.807) is 13.0 Å². The van der Waals surface area contributed by atoms with Crippen LogP contribution in [-0.2, 0) is 23.9 Å². The summed E-state index contributed by atoms with van der Waals surface area (Å²) in [7, 11) is 0. The molecule has 1 heterocycles. The average Bonchev–Trinajstić information content (AvgIpc) is 3.21. The second-order valence-corrected chi connectivity index (χ2v) is 10.6.